The van der Waals surface area contributed by atoms with Gasteiger partial charge in [0, 0.05) is 18.6 Å². The second-order valence-electron chi connectivity index (χ2n) is 5.20. The number of hydrogen-bond acceptors (Lipinski definition) is 4. The summed E-state index contributed by atoms with van der Waals surface area (Å²) in [6, 6.07) is 4.49. The highest BCUT2D eigenvalue weighted by Crippen LogP contribution is 2.40. The van der Waals surface area contributed by atoms with Gasteiger partial charge in [-0.1, -0.05) is 18.5 Å². The van der Waals surface area contributed by atoms with Crippen LogP contribution in [0.25, 0.3) is 0 Å². The number of fused-ring (bicyclic) bond motifs is 1. The van der Waals surface area contributed by atoms with Gasteiger partial charge < -0.3 is 15.2 Å². The Kier molecular flexibility index (Phi) is 5.13. The van der Waals surface area contributed by atoms with E-state index in [2.05, 4.69) is 25.7 Å². The molecule has 1 atom stereocenters. The molecule has 0 spiro atoms. The molecule has 2 rings (SSSR count). The van der Waals surface area contributed by atoms with Gasteiger partial charge in [0.05, 0.1) is 5.02 Å². The molecule has 20 heavy (non-hydrogen) atoms. The molecular formula is C15H23ClN2O2. The predicted octanol–water partition coefficient (Wildman–Crippen LogP) is 2.84. The van der Waals surface area contributed by atoms with E-state index >= 15 is 0 Å². The van der Waals surface area contributed by atoms with Crippen LogP contribution in [0.15, 0.2) is 12.1 Å². The number of hydrogen-bond donors (Lipinski definition) is 1. The fourth-order valence-corrected chi connectivity index (χ4v) is 3.01. The molecule has 1 aromatic carbocycles. The minimum Gasteiger partial charge on any atom is -0.486 e. The lowest BCUT2D eigenvalue weighted by Gasteiger charge is -2.34. The fraction of sp³-hybridized carbons (Fsp3) is 0.600. The number of nitrogens with zero attached hydrogens (tertiary/aromatic N) is 1. The lowest BCUT2D eigenvalue weighted by molar-refractivity contribution is 0.160. The largest absolute Gasteiger partial charge is 0.486 e. The number of benzene rings is 1. The molecule has 1 aromatic rings. The zero-order valence-electron chi connectivity index (χ0n) is 12.4. The average molecular weight is 299 g/mol. The van der Waals surface area contributed by atoms with Crippen molar-refractivity contribution in [1.82, 2.24) is 4.90 Å². The van der Waals surface area contributed by atoms with Crippen LogP contribution >= 0.6 is 11.6 Å². The molecule has 0 amide bonds. The standard InChI is InChI=1S/C15H23ClN2O2/c1-4-18(10(2)3)13(9-17)11-7-12(16)15-14(8-11)19-5-6-20-15/h7-8,10,13H,4-6,9,17H2,1-3H3. The molecule has 2 N–H and O–H groups in total. The van der Waals surface area contributed by atoms with E-state index in [0.29, 0.717) is 36.6 Å². The second kappa shape index (κ2) is 6.66. The van der Waals surface area contributed by atoms with Crippen molar-refractivity contribution >= 4 is 11.6 Å². The molecule has 1 aliphatic heterocycles. The Balaban J connectivity index is 2.37. The summed E-state index contributed by atoms with van der Waals surface area (Å²) in [5.41, 5.74) is 7.07. The molecule has 0 radical (unpaired) electrons. The topological polar surface area (TPSA) is 47.7 Å². The van der Waals surface area contributed by atoms with Gasteiger partial charge in [0.1, 0.15) is 13.2 Å². The Morgan fingerprint density at radius 2 is 2.00 bits per heavy atom. The lowest BCUT2D eigenvalue weighted by atomic mass is 10.0. The first kappa shape index (κ1) is 15.4. The summed E-state index contributed by atoms with van der Waals surface area (Å²) in [5, 5.41) is 0.593. The van der Waals surface area contributed by atoms with Crippen molar-refractivity contribution in [1.29, 1.82) is 0 Å². The molecule has 0 saturated carbocycles. The molecular weight excluding hydrogens is 276 g/mol. The Hall–Kier alpha value is -0.970. The summed E-state index contributed by atoms with van der Waals surface area (Å²) < 4.78 is 11.2. The van der Waals surface area contributed by atoms with Gasteiger partial charge >= 0.3 is 0 Å². The van der Waals surface area contributed by atoms with E-state index in [-0.39, 0.29) is 6.04 Å². The number of likely N-dealkylation sites (N-methyl/N-ethyl adjacent to an activating group) is 1. The lowest BCUT2D eigenvalue weighted by Crippen LogP contribution is -2.38. The quantitative estimate of drug-likeness (QED) is 0.908. The van der Waals surface area contributed by atoms with Gasteiger partial charge in [-0.15, -0.1) is 0 Å². The SMILES string of the molecule is CCN(C(C)C)C(CN)c1cc(Cl)c2c(c1)OCCO2. The number of ether oxygens (including phenoxy) is 2. The Morgan fingerprint density at radius 3 is 2.60 bits per heavy atom. The third-order valence-electron chi connectivity index (χ3n) is 3.66. The van der Waals surface area contributed by atoms with E-state index in [9.17, 15) is 0 Å². The molecule has 0 aliphatic carbocycles. The molecule has 0 saturated heterocycles. The summed E-state index contributed by atoms with van der Waals surface area (Å²) in [4.78, 5) is 2.35. The van der Waals surface area contributed by atoms with Crippen LogP contribution in [0.3, 0.4) is 0 Å². The van der Waals surface area contributed by atoms with Crippen LogP contribution in [-0.4, -0.2) is 37.2 Å². The van der Waals surface area contributed by atoms with Crippen LogP contribution in [0.2, 0.25) is 5.02 Å². The van der Waals surface area contributed by atoms with Crippen LogP contribution in [0.4, 0.5) is 0 Å². The van der Waals surface area contributed by atoms with E-state index < -0.39 is 0 Å². The molecule has 112 valence electrons. The normalized spacial score (nSPS) is 15.8. The first-order valence-electron chi connectivity index (χ1n) is 7.13. The maximum absolute atomic E-state index is 6.31. The molecule has 1 unspecified atom stereocenters. The van der Waals surface area contributed by atoms with Gasteiger partial charge in [-0.25, -0.2) is 0 Å². The summed E-state index contributed by atoms with van der Waals surface area (Å²) in [7, 11) is 0. The van der Waals surface area contributed by atoms with E-state index in [1.54, 1.807) is 0 Å². The highest BCUT2D eigenvalue weighted by atomic mass is 35.5. The van der Waals surface area contributed by atoms with Crippen LogP contribution in [0, 0.1) is 0 Å². The number of rotatable bonds is 5. The van der Waals surface area contributed by atoms with Crippen LogP contribution in [0.5, 0.6) is 11.5 Å². The van der Waals surface area contributed by atoms with Gasteiger partial charge in [-0.05, 0) is 38.1 Å². The zero-order chi connectivity index (χ0) is 14.7. The number of nitrogens with two attached hydrogens (primary N) is 1. The van der Waals surface area contributed by atoms with Crippen molar-refractivity contribution in [3.8, 4) is 11.5 Å². The zero-order valence-corrected chi connectivity index (χ0v) is 13.1. The first-order valence-corrected chi connectivity index (χ1v) is 7.51. The van der Waals surface area contributed by atoms with E-state index in [1.165, 1.54) is 0 Å². The van der Waals surface area contributed by atoms with Gasteiger partial charge in [-0.2, -0.15) is 0 Å². The van der Waals surface area contributed by atoms with Crippen molar-refractivity contribution in [3.63, 3.8) is 0 Å². The van der Waals surface area contributed by atoms with Crippen molar-refractivity contribution in [2.45, 2.75) is 32.9 Å². The second-order valence-corrected chi connectivity index (χ2v) is 5.61. The fourth-order valence-electron chi connectivity index (χ4n) is 2.73. The Labute approximate surface area is 125 Å². The van der Waals surface area contributed by atoms with Gasteiger partial charge in [0.2, 0.25) is 0 Å². The summed E-state index contributed by atoms with van der Waals surface area (Å²) in [5.74, 6) is 1.36. The van der Waals surface area contributed by atoms with Crippen LogP contribution in [-0.2, 0) is 0 Å². The van der Waals surface area contributed by atoms with E-state index in [1.807, 2.05) is 12.1 Å². The maximum atomic E-state index is 6.31. The van der Waals surface area contributed by atoms with Crippen molar-refractivity contribution < 1.29 is 9.47 Å². The molecule has 0 fully saturated rings. The van der Waals surface area contributed by atoms with Crippen molar-refractivity contribution in [2.24, 2.45) is 5.73 Å². The van der Waals surface area contributed by atoms with E-state index in [0.717, 1.165) is 17.9 Å². The summed E-state index contributed by atoms with van der Waals surface area (Å²) in [6.45, 7) is 9.06. The summed E-state index contributed by atoms with van der Waals surface area (Å²) in [6.07, 6.45) is 0. The first-order chi connectivity index (χ1) is 9.58. The smallest absolute Gasteiger partial charge is 0.179 e. The summed E-state index contributed by atoms with van der Waals surface area (Å²) >= 11 is 6.31. The number of halogens is 1. The highest BCUT2D eigenvalue weighted by molar-refractivity contribution is 6.32. The predicted molar refractivity (Wildman–Crippen MR) is 81.8 cm³/mol. The van der Waals surface area contributed by atoms with Gasteiger partial charge in [0.25, 0.3) is 0 Å². The molecule has 5 heteroatoms. The molecule has 0 aromatic heterocycles. The maximum Gasteiger partial charge on any atom is 0.179 e. The minimum atomic E-state index is 0.133. The molecule has 0 bridgehead atoms. The van der Waals surface area contributed by atoms with Crippen molar-refractivity contribution in [3.05, 3.63) is 22.7 Å². The minimum absolute atomic E-state index is 0.133. The van der Waals surface area contributed by atoms with Gasteiger partial charge in [-0.3, -0.25) is 4.90 Å². The monoisotopic (exact) mass is 298 g/mol. The Morgan fingerprint density at radius 1 is 1.30 bits per heavy atom. The Bertz CT molecular complexity index is 465. The third kappa shape index (κ3) is 3.03. The third-order valence-corrected chi connectivity index (χ3v) is 3.94. The molecule has 1 heterocycles. The van der Waals surface area contributed by atoms with Crippen molar-refractivity contribution in [2.75, 3.05) is 26.3 Å². The molecule has 4 nitrogen and oxygen atoms in total. The van der Waals surface area contributed by atoms with Crippen LogP contribution in [0.1, 0.15) is 32.4 Å². The van der Waals surface area contributed by atoms with Gasteiger partial charge in [0.15, 0.2) is 11.5 Å². The highest BCUT2D eigenvalue weighted by Gasteiger charge is 2.24. The average Bonchev–Trinajstić information content (AvgIpc) is 2.44. The van der Waals surface area contributed by atoms with E-state index in [4.69, 9.17) is 26.8 Å². The van der Waals surface area contributed by atoms with Crippen LogP contribution < -0.4 is 15.2 Å². The molecule has 1 aliphatic rings.